The first-order valence-corrected chi connectivity index (χ1v) is 7.26. The van der Waals surface area contributed by atoms with Gasteiger partial charge >= 0.3 is 0 Å². The molecule has 0 saturated heterocycles. The lowest BCUT2D eigenvalue weighted by molar-refractivity contribution is 0.613. The van der Waals surface area contributed by atoms with Crippen LogP contribution < -0.4 is 5.32 Å². The predicted molar refractivity (Wildman–Crippen MR) is 71.3 cm³/mol. The van der Waals surface area contributed by atoms with Gasteiger partial charge in [-0.2, -0.15) is 11.8 Å². The van der Waals surface area contributed by atoms with Crippen LogP contribution in [0.4, 0.5) is 5.95 Å². The fraction of sp³-hybridized carbons (Fsp3) is 0.750. The molecule has 0 radical (unpaired) electrons. The summed E-state index contributed by atoms with van der Waals surface area (Å²) < 4.78 is 2.29. The molecule has 16 heavy (non-hydrogen) atoms. The van der Waals surface area contributed by atoms with Gasteiger partial charge in [0.1, 0.15) is 0 Å². The van der Waals surface area contributed by atoms with Crippen LogP contribution in [0.25, 0.3) is 0 Å². The Balaban J connectivity index is 2.04. The monoisotopic (exact) mass is 239 g/mol. The summed E-state index contributed by atoms with van der Waals surface area (Å²) in [5, 5.41) is 3.51. The highest BCUT2D eigenvalue weighted by molar-refractivity contribution is 7.99. The van der Waals surface area contributed by atoms with E-state index >= 15 is 0 Å². The Labute approximate surface area is 102 Å². The Morgan fingerprint density at radius 1 is 1.62 bits per heavy atom. The fourth-order valence-electron chi connectivity index (χ4n) is 1.74. The van der Waals surface area contributed by atoms with Crippen molar-refractivity contribution in [2.24, 2.45) is 0 Å². The van der Waals surface area contributed by atoms with E-state index in [2.05, 4.69) is 41.8 Å². The van der Waals surface area contributed by atoms with Crippen molar-refractivity contribution in [3.8, 4) is 0 Å². The van der Waals surface area contributed by atoms with Crippen molar-refractivity contribution in [3.63, 3.8) is 0 Å². The first-order valence-electron chi connectivity index (χ1n) is 6.10. The quantitative estimate of drug-likeness (QED) is 0.827. The molecule has 1 atom stereocenters. The second kappa shape index (κ2) is 5.13. The van der Waals surface area contributed by atoms with E-state index < -0.39 is 0 Å². The highest BCUT2D eigenvalue weighted by atomic mass is 32.2. The third kappa shape index (κ3) is 2.94. The van der Waals surface area contributed by atoms with E-state index in [9.17, 15) is 0 Å². The van der Waals surface area contributed by atoms with Crippen molar-refractivity contribution in [1.82, 2.24) is 9.55 Å². The number of anilines is 1. The molecule has 4 heteroatoms. The number of aromatic nitrogens is 2. The molecule has 0 amide bonds. The maximum Gasteiger partial charge on any atom is 0.203 e. The summed E-state index contributed by atoms with van der Waals surface area (Å²) in [5.74, 6) is 3.40. The highest BCUT2D eigenvalue weighted by Crippen LogP contribution is 2.26. The van der Waals surface area contributed by atoms with E-state index in [0.29, 0.717) is 12.1 Å². The number of aryl methyl sites for hydroxylation is 1. The number of thioether (sulfide) groups is 1. The van der Waals surface area contributed by atoms with Crippen molar-refractivity contribution in [2.75, 3.05) is 16.8 Å². The molecule has 90 valence electrons. The fourth-order valence-corrected chi connectivity index (χ4v) is 2.48. The number of hydrogen-bond acceptors (Lipinski definition) is 3. The summed E-state index contributed by atoms with van der Waals surface area (Å²) in [6, 6.07) is 1.19. The van der Waals surface area contributed by atoms with Gasteiger partial charge in [0.05, 0.1) is 5.69 Å². The van der Waals surface area contributed by atoms with Gasteiger partial charge in [0.15, 0.2) is 0 Å². The van der Waals surface area contributed by atoms with Gasteiger partial charge in [0.25, 0.3) is 0 Å². The zero-order valence-corrected chi connectivity index (χ0v) is 11.2. The molecule has 1 aromatic heterocycles. The van der Waals surface area contributed by atoms with Crippen molar-refractivity contribution in [1.29, 1.82) is 0 Å². The molecular weight excluding hydrogens is 218 g/mol. The summed E-state index contributed by atoms with van der Waals surface area (Å²) in [6.45, 7) is 6.54. The van der Waals surface area contributed by atoms with E-state index in [1.807, 2.05) is 11.8 Å². The standard InChI is InChI=1S/C12H21N3S/c1-4-16-8-10(3)15-7-9(2)13-12(15)14-11-5-6-11/h7,10-11H,4-6,8H2,1-3H3,(H,13,14). The number of rotatable bonds is 6. The average molecular weight is 239 g/mol. The number of nitrogens with one attached hydrogen (secondary N) is 1. The van der Waals surface area contributed by atoms with Crippen LogP contribution in [0.5, 0.6) is 0 Å². The molecule has 1 fully saturated rings. The van der Waals surface area contributed by atoms with Gasteiger partial charge in [0.2, 0.25) is 5.95 Å². The highest BCUT2D eigenvalue weighted by Gasteiger charge is 2.23. The summed E-state index contributed by atoms with van der Waals surface area (Å²) >= 11 is 1.99. The molecule has 2 rings (SSSR count). The molecule has 3 nitrogen and oxygen atoms in total. The van der Waals surface area contributed by atoms with Crippen LogP contribution in [-0.2, 0) is 0 Å². The minimum atomic E-state index is 0.521. The van der Waals surface area contributed by atoms with Crippen LogP contribution in [0.3, 0.4) is 0 Å². The summed E-state index contributed by atoms with van der Waals surface area (Å²) in [5.41, 5.74) is 1.11. The van der Waals surface area contributed by atoms with Crippen LogP contribution in [0.2, 0.25) is 0 Å². The summed E-state index contributed by atoms with van der Waals surface area (Å²) in [4.78, 5) is 4.56. The Hall–Kier alpha value is -0.640. The normalized spacial score (nSPS) is 17.4. The van der Waals surface area contributed by atoms with Crippen LogP contribution in [0, 0.1) is 6.92 Å². The van der Waals surface area contributed by atoms with E-state index in [4.69, 9.17) is 0 Å². The largest absolute Gasteiger partial charge is 0.353 e. The molecular formula is C12H21N3S. The summed E-state index contributed by atoms with van der Waals surface area (Å²) in [6.07, 6.45) is 4.75. The Kier molecular flexibility index (Phi) is 3.79. The lowest BCUT2D eigenvalue weighted by atomic mass is 10.4. The van der Waals surface area contributed by atoms with Crippen molar-refractivity contribution >= 4 is 17.7 Å². The van der Waals surface area contributed by atoms with Gasteiger partial charge in [-0.15, -0.1) is 0 Å². The summed E-state index contributed by atoms with van der Waals surface area (Å²) in [7, 11) is 0. The van der Waals surface area contributed by atoms with Crippen LogP contribution in [0.1, 0.15) is 38.4 Å². The molecule has 1 unspecified atom stereocenters. The van der Waals surface area contributed by atoms with Crippen LogP contribution in [0.15, 0.2) is 6.20 Å². The first kappa shape index (κ1) is 11.8. The molecule has 0 aliphatic heterocycles. The maximum absolute atomic E-state index is 4.56. The van der Waals surface area contributed by atoms with Crippen molar-refractivity contribution < 1.29 is 0 Å². The lowest BCUT2D eigenvalue weighted by Crippen LogP contribution is -2.13. The minimum Gasteiger partial charge on any atom is -0.353 e. The van der Waals surface area contributed by atoms with Gasteiger partial charge in [-0.25, -0.2) is 4.98 Å². The molecule has 0 spiro atoms. The van der Waals surface area contributed by atoms with E-state index in [1.165, 1.54) is 18.6 Å². The van der Waals surface area contributed by atoms with Crippen LogP contribution in [-0.4, -0.2) is 27.1 Å². The number of nitrogens with zero attached hydrogens (tertiary/aromatic N) is 2. The average Bonchev–Trinajstić information content (AvgIpc) is 2.98. The molecule has 1 N–H and O–H groups in total. The predicted octanol–water partition coefficient (Wildman–Crippen LogP) is 3.08. The molecule has 1 aliphatic carbocycles. The van der Waals surface area contributed by atoms with E-state index in [0.717, 1.165) is 17.4 Å². The maximum atomic E-state index is 4.56. The third-order valence-corrected chi connectivity index (χ3v) is 3.93. The van der Waals surface area contributed by atoms with Gasteiger partial charge in [-0.3, -0.25) is 0 Å². The minimum absolute atomic E-state index is 0.521. The smallest absolute Gasteiger partial charge is 0.203 e. The SMILES string of the molecule is CCSCC(C)n1cc(C)nc1NC1CC1. The number of hydrogen-bond donors (Lipinski definition) is 1. The first-order chi connectivity index (χ1) is 7.70. The zero-order valence-electron chi connectivity index (χ0n) is 10.4. The molecule has 1 aliphatic rings. The van der Waals surface area contributed by atoms with E-state index in [1.54, 1.807) is 0 Å². The third-order valence-electron chi connectivity index (χ3n) is 2.80. The molecule has 0 aromatic carbocycles. The number of imidazole rings is 1. The van der Waals surface area contributed by atoms with Gasteiger partial charge in [-0.1, -0.05) is 6.92 Å². The molecule has 1 aromatic rings. The second-order valence-electron chi connectivity index (χ2n) is 4.54. The van der Waals surface area contributed by atoms with Crippen molar-refractivity contribution in [2.45, 2.75) is 45.7 Å². The van der Waals surface area contributed by atoms with Crippen LogP contribution >= 0.6 is 11.8 Å². The van der Waals surface area contributed by atoms with Crippen molar-refractivity contribution in [3.05, 3.63) is 11.9 Å². The Morgan fingerprint density at radius 3 is 3.00 bits per heavy atom. The van der Waals surface area contributed by atoms with Gasteiger partial charge < -0.3 is 9.88 Å². The topological polar surface area (TPSA) is 29.9 Å². The molecule has 1 heterocycles. The Morgan fingerprint density at radius 2 is 2.38 bits per heavy atom. The zero-order chi connectivity index (χ0) is 11.5. The van der Waals surface area contributed by atoms with E-state index in [-0.39, 0.29) is 0 Å². The molecule has 1 saturated carbocycles. The lowest BCUT2D eigenvalue weighted by Gasteiger charge is -2.16. The van der Waals surface area contributed by atoms with Gasteiger partial charge in [0, 0.05) is 24.0 Å². The van der Waals surface area contributed by atoms with Gasteiger partial charge in [-0.05, 0) is 32.4 Å². The second-order valence-corrected chi connectivity index (χ2v) is 5.86. The molecule has 0 bridgehead atoms. The Bertz CT molecular complexity index is 344.